The van der Waals surface area contributed by atoms with Crippen molar-refractivity contribution >= 4 is 29.3 Å². The lowest BCUT2D eigenvalue weighted by Crippen LogP contribution is -2.57. The van der Waals surface area contributed by atoms with Crippen LogP contribution in [0.2, 0.25) is 5.02 Å². The van der Waals surface area contributed by atoms with Crippen molar-refractivity contribution in [1.82, 2.24) is 15.1 Å². The van der Waals surface area contributed by atoms with E-state index in [1.54, 1.807) is 29.2 Å². The van der Waals surface area contributed by atoms with Crippen molar-refractivity contribution in [1.29, 1.82) is 0 Å². The van der Waals surface area contributed by atoms with Crippen LogP contribution in [0.3, 0.4) is 0 Å². The molecule has 152 valence electrons. The summed E-state index contributed by atoms with van der Waals surface area (Å²) in [6.45, 7) is 5.99. The molecule has 1 N–H and O–H groups in total. The van der Waals surface area contributed by atoms with E-state index < -0.39 is 6.04 Å². The first-order valence-electron chi connectivity index (χ1n) is 10.0. The molecule has 3 amide bonds. The Morgan fingerprint density at radius 2 is 1.57 bits per heavy atom. The molecule has 2 aliphatic rings. The van der Waals surface area contributed by atoms with Crippen LogP contribution in [0.25, 0.3) is 0 Å². The molecule has 0 radical (unpaired) electrons. The van der Waals surface area contributed by atoms with Crippen LogP contribution in [0.15, 0.2) is 24.3 Å². The fraction of sp³-hybridized carbons (Fsp3) is 0.571. The van der Waals surface area contributed by atoms with E-state index in [1.807, 2.05) is 18.7 Å². The molecule has 1 heterocycles. The summed E-state index contributed by atoms with van der Waals surface area (Å²) in [6, 6.07) is 5.99. The summed E-state index contributed by atoms with van der Waals surface area (Å²) in [7, 11) is 0. The summed E-state index contributed by atoms with van der Waals surface area (Å²) in [4.78, 5) is 41.6. The van der Waals surface area contributed by atoms with Crippen LogP contribution in [-0.2, 0) is 9.59 Å². The Morgan fingerprint density at radius 1 is 1.00 bits per heavy atom. The molecule has 0 bridgehead atoms. The van der Waals surface area contributed by atoms with Crippen molar-refractivity contribution in [2.75, 3.05) is 26.2 Å². The number of piperazine rings is 1. The van der Waals surface area contributed by atoms with Crippen LogP contribution in [0, 0.1) is 11.8 Å². The van der Waals surface area contributed by atoms with Crippen LogP contribution in [0.5, 0.6) is 0 Å². The van der Waals surface area contributed by atoms with E-state index in [1.165, 1.54) is 0 Å². The standard InChI is InChI=1S/C21H28ClN3O3/c1-14(2)18(23-19(26)15-6-8-17(22)9-7-15)21(28)25-12-10-24(11-13-25)20(27)16-4-3-5-16/h6-9,14,16,18H,3-5,10-13H2,1-2H3,(H,23,26). The van der Waals surface area contributed by atoms with Gasteiger partial charge in [0.1, 0.15) is 6.04 Å². The molecule has 1 aromatic rings. The van der Waals surface area contributed by atoms with Gasteiger partial charge in [-0.25, -0.2) is 0 Å². The van der Waals surface area contributed by atoms with Gasteiger partial charge in [-0.05, 0) is 43.0 Å². The number of nitrogens with one attached hydrogen (secondary N) is 1. The first-order valence-corrected chi connectivity index (χ1v) is 10.4. The Morgan fingerprint density at radius 3 is 2.07 bits per heavy atom. The van der Waals surface area contributed by atoms with Gasteiger partial charge in [0.25, 0.3) is 5.91 Å². The van der Waals surface area contributed by atoms with Crippen molar-refractivity contribution in [2.24, 2.45) is 11.8 Å². The van der Waals surface area contributed by atoms with Crippen LogP contribution < -0.4 is 5.32 Å². The molecule has 1 aliphatic heterocycles. The molecule has 2 fully saturated rings. The number of carbonyl (C=O) groups is 3. The maximum Gasteiger partial charge on any atom is 0.251 e. The zero-order valence-electron chi connectivity index (χ0n) is 16.5. The fourth-order valence-corrected chi connectivity index (χ4v) is 3.72. The Kier molecular flexibility index (Phi) is 6.60. The number of amides is 3. The SMILES string of the molecule is CC(C)C(NC(=O)c1ccc(Cl)cc1)C(=O)N1CCN(C(=O)C2CCC2)CC1. The zero-order chi connectivity index (χ0) is 20.3. The summed E-state index contributed by atoms with van der Waals surface area (Å²) in [6.07, 6.45) is 3.12. The van der Waals surface area contributed by atoms with Crippen molar-refractivity contribution in [2.45, 2.75) is 39.2 Å². The molecular weight excluding hydrogens is 378 g/mol. The van der Waals surface area contributed by atoms with Gasteiger partial charge in [0.05, 0.1) is 0 Å². The van der Waals surface area contributed by atoms with Gasteiger partial charge in [0.15, 0.2) is 0 Å². The third kappa shape index (κ3) is 4.66. The molecule has 1 aliphatic carbocycles. The maximum absolute atomic E-state index is 13.0. The molecule has 1 aromatic carbocycles. The van der Waals surface area contributed by atoms with E-state index in [0.29, 0.717) is 36.8 Å². The molecular formula is C21H28ClN3O3. The van der Waals surface area contributed by atoms with E-state index in [2.05, 4.69) is 5.32 Å². The monoisotopic (exact) mass is 405 g/mol. The number of rotatable bonds is 5. The normalized spacial score (nSPS) is 18.6. The highest BCUT2D eigenvalue weighted by Crippen LogP contribution is 2.28. The van der Waals surface area contributed by atoms with Crippen LogP contribution in [0.4, 0.5) is 0 Å². The van der Waals surface area contributed by atoms with E-state index in [-0.39, 0.29) is 29.6 Å². The Balaban J connectivity index is 1.58. The van der Waals surface area contributed by atoms with E-state index >= 15 is 0 Å². The second-order valence-electron chi connectivity index (χ2n) is 7.98. The minimum atomic E-state index is -0.600. The van der Waals surface area contributed by atoms with E-state index in [0.717, 1.165) is 19.3 Å². The van der Waals surface area contributed by atoms with Crippen LogP contribution in [-0.4, -0.2) is 59.7 Å². The number of carbonyl (C=O) groups excluding carboxylic acids is 3. The summed E-state index contributed by atoms with van der Waals surface area (Å²) in [5, 5.41) is 3.42. The summed E-state index contributed by atoms with van der Waals surface area (Å²) in [5.41, 5.74) is 0.471. The Bertz CT molecular complexity index is 723. The highest BCUT2D eigenvalue weighted by atomic mass is 35.5. The predicted molar refractivity (Wildman–Crippen MR) is 108 cm³/mol. The molecule has 1 saturated heterocycles. The lowest BCUT2D eigenvalue weighted by atomic mass is 9.84. The molecule has 3 rings (SSSR count). The quantitative estimate of drug-likeness (QED) is 0.818. The van der Waals surface area contributed by atoms with Gasteiger partial charge in [-0.2, -0.15) is 0 Å². The van der Waals surface area contributed by atoms with Crippen molar-refractivity contribution in [3.8, 4) is 0 Å². The topological polar surface area (TPSA) is 69.7 Å². The molecule has 7 heteroatoms. The van der Waals surface area contributed by atoms with Crippen molar-refractivity contribution in [3.63, 3.8) is 0 Å². The van der Waals surface area contributed by atoms with E-state index in [9.17, 15) is 14.4 Å². The molecule has 6 nitrogen and oxygen atoms in total. The molecule has 1 atom stereocenters. The van der Waals surface area contributed by atoms with Crippen LogP contribution in [0.1, 0.15) is 43.5 Å². The second kappa shape index (κ2) is 8.95. The molecule has 28 heavy (non-hydrogen) atoms. The summed E-state index contributed by atoms with van der Waals surface area (Å²) in [5.74, 6) is -0.00640. The third-order valence-electron chi connectivity index (χ3n) is 5.68. The minimum Gasteiger partial charge on any atom is -0.340 e. The van der Waals surface area contributed by atoms with Crippen LogP contribution >= 0.6 is 11.6 Å². The fourth-order valence-electron chi connectivity index (χ4n) is 3.60. The minimum absolute atomic E-state index is 0.0432. The second-order valence-corrected chi connectivity index (χ2v) is 8.42. The largest absolute Gasteiger partial charge is 0.340 e. The molecule has 1 unspecified atom stereocenters. The summed E-state index contributed by atoms with van der Waals surface area (Å²) < 4.78 is 0. The number of hydrogen-bond donors (Lipinski definition) is 1. The highest BCUT2D eigenvalue weighted by molar-refractivity contribution is 6.30. The van der Waals surface area contributed by atoms with Gasteiger partial charge in [0.2, 0.25) is 11.8 Å². The van der Waals surface area contributed by atoms with Gasteiger partial charge in [-0.3, -0.25) is 14.4 Å². The lowest BCUT2D eigenvalue weighted by Gasteiger charge is -2.39. The van der Waals surface area contributed by atoms with Crippen molar-refractivity contribution < 1.29 is 14.4 Å². The molecule has 0 spiro atoms. The lowest BCUT2D eigenvalue weighted by molar-refractivity contribution is -0.145. The predicted octanol–water partition coefficient (Wildman–Crippen LogP) is 2.57. The summed E-state index contributed by atoms with van der Waals surface area (Å²) >= 11 is 5.87. The maximum atomic E-state index is 13.0. The first-order chi connectivity index (χ1) is 13.4. The van der Waals surface area contributed by atoms with E-state index in [4.69, 9.17) is 11.6 Å². The highest BCUT2D eigenvalue weighted by Gasteiger charge is 2.34. The molecule has 1 saturated carbocycles. The smallest absolute Gasteiger partial charge is 0.251 e. The number of benzene rings is 1. The number of nitrogens with zero attached hydrogens (tertiary/aromatic N) is 2. The Hall–Kier alpha value is -2.08. The van der Waals surface area contributed by atoms with Gasteiger partial charge >= 0.3 is 0 Å². The average Bonchev–Trinajstić information content (AvgIpc) is 2.64. The van der Waals surface area contributed by atoms with Gasteiger partial charge in [-0.15, -0.1) is 0 Å². The van der Waals surface area contributed by atoms with Crippen molar-refractivity contribution in [3.05, 3.63) is 34.9 Å². The van der Waals surface area contributed by atoms with Gasteiger partial charge in [0, 0.05) is 42.7 Å². The number of hydrogen-bond acceptors (Lipinski definition) is 3. The Labute approximate surface area is 171 Å². The average molecular weight is 406 g/mol. The molecule has 0 aromatic heterocycles. The zero-order valence-corrected chi connectivity index (χ0v) is 17.2. The van der Waals surface area contributed by atoms with Gasteiger partial charge in [-0.1, -0.05) is 31.9 Å². The first kappa shape index (κ1) is 20.6. The van der Waals surface area contributed by atoms with Gasteiger partial charge < -0.3 is 15.1 Å². The number of halogens is 1. The third-order valence-corrected chi connectivity index (χ3v) is 5.94.